The molecule has 1 aromatic rings. The molecular formula is C11H11BrClF3N2. The molecule has 0 atom stereocenters. The van der Waals surface area contributed by atoms with Crippen LogP contribution < -0.4 is 5.32 Å². The van der Waals surface area contributed by atoms with Gasteiger partial charge >= 0.3 is 0 Å². The fraction of sp³-hybridized carbons (Fsp3) is 0.455. The maximum atomic E-state index is 13.8. The molecule has 0 unspecified atom stereocenters. The molecule has 100 valence electrons. The number of benzene rings is 1. The minimum atomic E-state index is -1.23. The molecule has 0 aliphatic carbocycles. The van der Waals surface area contributed by atoms with Gasteiger partial charge in [-0.1, -0.05) is 11.6 Å². The van der Waals surface area contributed by atoms with Crippen molar-refractivity contribution in [3.8, 4) is 0 Å². The standard InChI is InChI=1S/C11H11BrClF3N2/c12-7-10(15)8(13)6(9(14)11(7)16)5-18-3-1-17-2-4-18/h17H,1-5H2. The van der Waals surface area contributed by atoms with Gasteiger partial charge in [-0.05, 0) is 15.9 Å². The Morgan fingerprint density at radius 1 is 1.11 bits per heavy atom. The van der Waals surface area contributed by atoms with Crippen LogP contribution >= 0.6 is 27.5 Å². The Kier molecular flexibility index (Phi) is 4.53. The average molecular weight is 344 g/mol. The Bertz CT molecular complexity index is 435. The van der Waals surface area contributed by atoms with Crippen molar-refractivity contribution in [2.75, 3.05) is 26.2 Å². The van der Waals surface area contributed by atoms with E-state index in [9.17, 15) is 13.2 Å². The normalized spacial score (nSPS) is 17.2. The van der Waals surface area contributed by atoms with E-state index in [0.29, 0.717) is 13.1 Å². The Hall–Kier alpha value is -0.300. The van der Waals surface area contributed by atoms with Gasteiger partial charge in [0, 0.05) is 38.3 Å². The quantitative estimate of drug-likeness (QED) is 0.656. The van der Waals surface area contributed by atoms with Crippen LogP contribution in [-0.2, 0) is 6.54 Å². The van der Waals surface area contributed by atoms with Crippen LogP contribution in [-0.4, -0.2) is 31.1 Å². The van der Waals surface area contributed by atoms with Crippen molar-refractivity contribution in [3.63, 3.8) is 0 Å². The first-order valence-corrected chi connectivity index (χ1v) is 6.63. The van der Waals surface area contributed by atoms with E-state index in [1.165, 1.54) is 0 Å². The number of nitrogens with zero attached hydrogens (tertiary/aromatic N) is 1. The third-order valence-corrected chi connectivity index (χ3v) is 3.98. The monoisotopic (exact) mass is 342 g/mol. The number of hydrogen-bond acceptors (Lipinski definition) is 2. The summed E-state index contributed by atoms with van der Waals surface area (Å²) in [5.74, 6) is -3.28. The second kappa shape index (κ2) is 5.77. The number of halogens is 5. The van der Waals surface area contributed by atoms with E-state index >= 15 is 0 Å². The highest BCUT2D eigenvalue weighted by molar-refractivity contribution is 9.10. The number of rotatable bonds is 2. The predicted molar refractivity (Wildman–Crippen MR) is 67.2 cm³/mol. The van der Waals surface area contributed by atoms with Gasteiger partial charge in [-0.2, -0.15) is 0 Å². The molecule has 1 aliphatic rings. The van der Waals surface area contributed by atoms with Gasteiger partial charge in [0.2, 0.25) is 0 Å². The van der Waals surface area contributed by atoms with Crippen molar-refractivity contribution < 1.29 is 13.2 Å². The molecule has 7 heteroatoms. The van der Waals surface area contributed by atoms with Crippen LogP contribution in [0.5, 0.6) is 0 Å². The molecule has 0 bridgehead atoms. The van der Waals surface area contributed by atoms with Crippen molar-refractivity contribution in [2.24, 2.45) is 0 Å². The predicted octanol–water partition coefficient (Wildman–Crippen LogP) is 2.93. The van der Waals surface area contributed by atoms with Gasteiger partial charge in [-0.3, -0.25) is 4.90 Å². The van der Waals surface area contributed by atoms with Crippen LogP contribution in [0.25, 0.3) is 0 Å². The lowest BCUT2D eigenvalue weighted by atomic mass is 10.1. The minimum absolute atomic E-state index is 0.105. The number of hydrogen-bond donors (Lipinski definition) is 1. The van der Waals surface area contributed by atoms with E-state index in [1.807, 2.05) is 4.90 Å². The van der Waals surface area contributed by atoms with Crippen LogP contribution in [0.3, 0.4) is 0 Å². The molecule has 0 radical (unpaired) electrons. The van der Waals surface area contributed by atoms with Gasteiger partial charge in [-0.15, -0.1) is 0 Å². The van der Waals surface area contributed by atoms with E-state index < -0.39 is 21.9 Å². The summed E-state index contributed by atoms with van der Waals surface area (Å²) in [6.45, 7) is 3.01. The van der Waals surface area contributed by atoms with Gasteiger partial charge in [0.05, 0.1) is 9.50 Å². The summed E-state index contributed by atoms with van der Waals surface area (Å²) in [5.41, 5.74) is -0.128. The maximum Gasteiger partial charge on any atom is 0.176 e. The molecule has 1 saturated heterocycles. The largest absolute Gasteiger partial charge is 0.314 e. The average Bonchev–Trinajstić information content (AvgIpc) is 2.40. The van der Waals surface area contributed by atoms with E-state index in [4.69, 9.17) is 11.6 Å². The molecule has 0 aromatic heterocycles. The topological polar surface area (TPSA) is 15.3 Å². The zero-order valence-electron chi connectivity index (χ0n) is 9.37. The summed E-state index contributed by atoms with van der Waals surface area (Å²) in [6, 6.07) is 0. The van der Waals surface area contributed by atoms with E-state index in [2.05, 4.69) is 21.2 Å². The highest BCUT2D eigenvalue weighted by Crippen LogP contribution is 2.33. The summed E-state index contributed by atoms with van der Waals surface area (Å²) < 4.78 is 40.2. The number of piperazine rings is 1. The second-order valence-corrected chi connectivity index (χ2v) is 5.25. The van der Waals surface area contributed by atoms with Crippen LogP contribution in [0, 0.1) is 17.5 Å². The molecule has 18 heavy (non-hydrogen) atoms. The fourth-order valence-corrected chi connectivity index (χ4v) is 2.61. The second-order valence-electron chi connectivity index (χ2n) is 4.07. The number of nitrogens with one attached hydrogen (secondary N) is 1. The third-order valence-electron chi connectivity index (χ3n) is 2.89. The Morgan fingerprint density at radius 3 is 2.33 bits per heavy atom. The van der Waals surface area contributed by atoms with Gasteiger partial charge in [0.15, 0.2) is 17.5 Å². The van der Waals surface area contributed by atoms with Crippen LogP contribution in [0.15, 0.2) is 4.47 Å². The van der Waals surface area contributed by atoms with E-state index in [-0.39, 0.29) is 17.1 Å². The van der Waals surface area contributed by atoms with Crippen molar-refractivity contribution in [1.82, 2.24) is 10.2 Å². The lowest BCUT2D eigenvalue weighted by molar-refractivity contribution is 0.229. The lowest BCUT2D eigenvalue weighted by Crippen LogP contribution is -2.43. The van der Waals surface area contributed by atoms with Crippen molar-refractivity contribution >= 4 is 27.5 Å². The highest BCUT2D eigenvalue weighted by atomic mass is 79.9. The molecule has 1 N–H and O–H groups in total. The summed E-state index contributed by atoms with van der Waals surface area (Å²) in [6.07, 6.45) is 0. The molecule has 1 fully saturated rings. The lowest BCUT2D eigenvalue weighted by Gasteiger charge is -2.27. The zero-order valence-corrected chi connectivity index (χ0v) is 11.7. The van der Waals surface area contributed by atoms with Crippen LogP contribution in [0.1, 0.15) is 5.56 Å². The smallest absolute Gasteiger partial charge is 0.176 e. The Labute approximate surface area is 116 Å². The first kappa shape index (κ1) is 14.1. The third kappa shape index (κ3) is 2.66. The zero-order chi connectivity index (χ0) is 13.3. The molecule has 0 spiro atoms. The highest BCUT2D eigenvalue weighted by Gasteiger charge is 2.24. The first-order valence-electron chi connectivity index (χ1n) is 5.45. The molecule has 1 aliphatic heterocycles. The van der Waals surface area contributed by atoms with E-state index in [1.54, 1.807) is 0 Å². The minimum Gasteiger partial charge on any atom is -0.314 e. The molecule has 0 saturated carbocycles. The summed E-state index contributed by atoms with van der Waals surface area (Å²) in [4.78, 5) is 1.90. The summed E-state index contributed by atoms with van der Waals surface area (Å²) in [5, 5.41) is 2.78. The van der Waals surface area contributed by atoms with Gasteiger partial charge in [0.25, 0.3) is 0 Å². The van der Waals surface area contributed by atoms with Crippen molar-refractivity contribution in [2.45, 2.75) is 6.54 Å². The van der Waals surface area contributed by atoms with Crippen LogP contribution in [0.4, 0.5) is 13.2 Å². The molecule has 2 rings (SSSR count). The molecule has 0 amide bonds. The van der Waals surface area contributed by atoms with Gasteiger partial charge < -0.3 is 5.32 Å². The van der Waals surface area contributed by atoms with Gasteiger partial charge in [-0.25, -0.2) is 13.2 Å². The first-order chi connectivity index (χ1) is 8.52. The van der Waals surface area contributed by atoms with Crippen LogP contribution in [0.2, 0.25) is 5.02 Å². The molecule has 1 aromatic carbocycles. The van der Waals surface area contributed by atoms with Crippen molar-refractivity contribution in [3.05, 3.63) is 32.5 Å². The molecular weight excluding hydrogens is 332 g/mol. The van der Waals surface area contributed by atoms with Crippen molar-refractivity contribution in [1.29, 1.82) is 0 Å². The van der Waals surface area contributed by atoms with E-state index in [0.717, 1.165) is 13.1 Å². The Morgan fingerprint density at radius 2 is 1.72 bits per heavy atom. The molecule has 2 nitrogen and oxygen atoms in total. The summed E-state index contributed by atoms with van der Waals surface area (Å²) in [7, 11) is 0. The molecule has 1 heterocycles. The van der Waals surface area contributed by atoms with Gasteiger partial charge in [0.1, 0.15) is 0 Å². The summed E-state index contributed by atoms with van der Waals surface area (Å²) >= 11 is 8.38. The SMILES string of the molecule is Fc1c(F)c(CN2CCNCC2)c(Cl)c(F)c1Br. The maximum absolute atomic E-state index is 13.8. The fourth-order valence-electron chi connectivity index (χ4n) is 1.88. The Balaban J connectivity index is 2.32.